The molecule has 0 bridgehead atoms. The Balaban J connectivity index is 2.22. The largest absolute Gasteiger partial charge is 0.309 e. The van der Waals surface area contributed by atoms with Crippen LogP contribution in [0.2, 0.25) is 0 Å². The van der Waals surface area contributed by atoms with Crippen molar-refractivity contribution in [2.75, 3.05) is 0 Å². The lowest BCUT2D eigenvalue weighted by Gasteiger charge is -2.02. The van der Waals surface area contributed by atoms with Gasteiger partial charge in [0.05, 0.1) is 11.4 Å². The van der Waals surface area contributed by atoms with Gasteiger partial charge in [0, 0.05) is 22.8 Å². The van der Waals surface area contributed by atoms with E-state index in [0.29, 0.717) is 5.65 Å². The minimum absolute atomic E-state index is 0.684. The van der Waals surface area contributed by atoms with Gasteiger partial charge in [0.15, 0.2) is 0 Å². The molecule has 5 heteroatoms. The first-order valence-electron chi connectivity index (χ1n) is 5.69. The predicted molar refractivity (Wildman–Crippen MR) is 71.4 cm³/mol. The first kappa shape index (κ1) is 11.0. The molecule has 86 valence electrons. The Morgan fingerprint density at radius 3 is 2.83 bits per heavy atom. The number of rotatable bonds is 1. The van der Waals surface area contributed by atoms with E-state index in [1.54, 1.807) is 6.20 Å². The zero-order valence-electron chi connectivity index (χ0n) is 10.3. The maximum Gasteiger partial charge on any atom is 0.267 e. The number of hydrogen-bond acceptors (Lipinski definition) is 3. The molecule has 3 aromatic rings. The number of aryl methyl sites for hydroxylation is 2. The van der Waals surface area contributed by atoms with Gasteiger partial charge in [-0.2, -0.15) is 5.10 Å². The monoisotopic (exact) mass is 234 g/mol. The van der Waals surface area contributed by atoms with Crippen molar-refractivity contribution in [3.63, 3.8) is 0 Å². The SMILES string of the molecule is [B]n1nc(C)c2cc(-c3cccc(C)n3)cnc21. The summed E-state index contributed by atoms with van der Waals surface area (Å²) in [7, 11) is 5.72. The average Bonchev–Trinajstić information content (AvgIpc) is 2.65. The highest BCUT2D eigenvalue weighted by Crippen LogP contribution is 2.22. The van der Waals surface area contributed by atoms with Crippen molar-refractivity contribution in [3.05, 3.63) is 41.9 Å². The molecule has 3 heterocycles. The van der Waals surface area contributed by atoms with Crippen LogP contribution in [0.4, 0.5) is 0 Å². The first-order chi connectivity index (χ1) is 8.65. The second kappa shape index (κ2) is 3.94. The number of fused-ring (bicyclic) bond motifs is 1. The summed E-state index contributed by atoms with van der Waals surface area (Å²) in [6, 6.07) is 7.95. The van der Waals surface area contributed by atoms with Crippen molar-refractivity contribution < 1.29 is 0 Å². The summed E-state index contributed by atoms with van der Waals surface area (Å²) in [6.45, 7) is 3.89. The van der Waals surface area contributed by atoms with Crippen LogP contribution in [0.25, 0.3) is 22.3 Å². The molecule has 18 heavy (non-hydrogen) atoms. The van der Waals surface area contributed by atoms with Gasteiger partial charge < -0.3 is 4.59 Å². The molecule has 0 N–H and O–H groups in total. The van der Waals surface area contributed by atoms with Gasteiger partial charge in [-0.25, -0.2) is 4.98 Å². The highest BCUT2D eigenvalue weighted by Gasteiger charge is 2.08. The van der Waals surface area contributed by atoms with Gasteiger partial charge in [0.1, 0.15) is 5.65 Å². The van der Waals surface area contributed by atoms with E-state index in [1.165, 1.54) is 4.59 Å². The minimum atomic E-state index is 0.684. The van der Waals surface area contributed by atoms with E-state index < -0.39 is 0 Å². The number of pyridine rings is 2. The molecule has 0 amide bonds. The molecule has 0 aliphatic rings. The Labute approximate surface area is 106 Å². The summed E-state index contributed by atoms with van der Waals surface area (Å²) in [6.07, 6.45) is 1.77. The van der Waals surface area contributed by atoms with Crippen LogP contribution in [-0.2, 0) is 0 Å². The first-order valence-corrected chi connectivity index (χ1v) is 5.69. The zero-order chi connectivity index (χ0) is 12.7. The molecular formula is C13H11BN4. The van der Waals surface area contributed by atoms with E-state index in [2.05, 4.69) is 15.1 Å². The third-order valence-electron chi connectivity index (χ3n) is 2.92. The second-order valence-electron chi connectivity index (χ2n) is 4.29. The summed E-state index contributed by atoms with van der Waals surface area (Å²) in [5.41, 5.74) is 4.42. The van der Waals surface area contributed by atoms with Crippen molar-refractivity contribution in [2.24, 2.45) is 0 Å². The van der Waals surface area contributed by atoms with Crippen LogP contribution in [0, 0.1) is 13.8 Å². The highest BCUT2D eigenvalue weighted by atomic mass is 15.2. The predicted octanol–water partition coefficient (Wildman–Crippen LogP) is 2.04. The molecule has 0 aromatic carbocycles. The van der Waals surface area contributed by atoms with Crippen LogP contribution in [0.1, 0.15) is 11.4 Å². The van der Waals surface area contributed by atoms with Gasteiger partial charge in [0.25, 0.3) is 7.98 Å². The maximum atomic E-state index is 5.72. The van der Waals surface area contributed by atoms with Gasteiger partial charge in [-0.3, -0.25) is 4.98 Å². The van der Waals surface area contributed by atoms with Crippen molar-refractivity contribution in [1.29, 1.82) is 0 Å². The topological polar surface area (TPSA) is 43.6 Å². The van der Waals surface area contributed by atoms with Crippen LogP contribution in [-0.4, -0.2) is 27.6 Å². The van der Waals surface area contributed by atoms with Gasteiger partial charge in [-0.15, -0.1) is 0 Å². The highest BCUT2D eigenvalue weighted by molar-refractivity contribution is 6.10. The number of hydrogen-bond donors (Lipinski definition) is 0. The molecule has 3 rings (SSSR count). The maximum absolute atomic E-state index is 5.72. The van der Waals surface area contributed by atoms with E-state index in [1.807, 2.05) is 38.1 Å². The lowest BCUT2D eigenvalue weighted by Crippen LogP contribution is -1.95. The van der Waals surface area contributed by atoms with Crippen LogP contribution >= 0.6 is 0 Å². The summed E-state index contributed by atoms with van der Waals surface area (Å²) in [5.74, 6) is 0. The fraction of sp³-hybridized carbons (Fsp3) is 0.154. The Morgan fingerprint density at radius 2 is 2.06 bits per heavy atom. The van der Waals surface area contributed by atoms with Crippen molar-refractivity contribution in [1.82, 2.24) is 19.7 Å². The van der Waals surface area contributed by atoms with E-state index >= 15 is 0 Å². The molecule has 0 atom stereocenters. The molecule has 0 saturated heterocycles. The molecule has 0 aliphatic carbocycles. The van der Waals surface area contributed by atoms with Crippen LogP contribution < -0.4 is 0 Å². The molecule has 0 spiro atoms. The van der Waals surface area contributed by atoms with E-state index in [9.17, 15) is 0 Å². The van der Waals surface area contributed by atoms with E-state index in [4.69, 9.17) is 7.98 Å². The Bertz CT molecular complexity index is 733. The smallest absolute Gasteiger partial charge is 0.267 e. The van der Waals surface area contributed by atoms with Gasteiger partial charge in [-0.1, -0.05) is 6.07 Å². The molecule has 0 saturated carbocycles. The van der Waals surface area contributed by atoms with Gasteiger partial charge in [-0.05, 0) is 32.0 Å². The number of aromatic nitrogens is 4. The van der Waals surface area contributed by atoms with Crippen LogP contribution in [0.3, 0.4) is 0 Å². The standard InChI is InChI=1S/C13H11BN4/c1-8-4-3-5-12(16-8)10-6-11-9(2)17-18(14)13(11)15-7-10/h3-7H,1-2H3. The van der Waals surface area contributed by atoms with Crippen LogP contribution in [0.5, 0.6) is 0 Å². The molecule has 2 radical (unpaired) electrons. The summed E-state index contributed by atoms with van der Waals surface area (Å²) in [4.78, 5) is 8.83. The Hall–Kier alpha value is -2.17. The van der Waals surface area contributed by atoms with E-state index in [-0.39, 0.29) is 0 Å². The Kier molecular flexibility index (Phi) is 2.40. The van der Waals surface area contributed by atoms with Gasteiger partial charge in [0.2, 0.25) is 0 Å². The fourth-order valence-electron chi connectivity index (χ4n) is 2.01. The quantitative estimate of drug-likeness (QED) is 0.605. The van der Waals surface area contributed by atoms with Crippen molar-refractivity contribution >= 4 is 19.0 Å². The van der Waals surface area contributed by atoms with Crippen molar-refractivity contribution in [2.45, 2.75) is 13.8 Å². The second-order valence-corrected chi connectivity index (χ2v) is 4.29. The van der Waals surface area contributed by atoms with Gasteiger partial charge >= 0.3 is 0 Å². The summed E-state index contributed by atoms with van der Waals surface area (Å²) >= 11 is 0. The normalized spacial score (nSPS) is 11.0. The summed E-state index contributed by atoms with van der Waals surface area (Å²) < 4.78 is 1.30. The molecule has 3 aromatic heterocycles. The minimum Gasteiger partial charge on any atom is -0.309 e. The third-order valence-corrected chi connectivity index (χ3v) is 2.92. The summed E-state index contributed by atoms with van der Waals surface area (Å²) in [5, 5.41) is 5.11. The lowest BCUT2D eigenvalue weighted by molar-refractivity contribution is 0.974. The molecule has 4 nitrogen and oxygen atoms in total. The molecule has 0 unspecified atom stereocenters. The fourth-order valence-corrected chi connectivity index (χ4v) is 2.01. The van der Waals surface area contributed by atoms with Crippen molar-refractivity contribution in [3.8, 4) is 11.3 Å². The Morgan fingerprint density at radius 1 is 1.22 bits per heavy atom. The van der Waals surface area contributed by atoms with Crippen LogP contribution in [0.15, 0.2) is 30.5 Å². The zero-order valence-corrected chi connectivity index (χ0v) is 10.3. The third kappa shape index (κ3) is 1.68. The molecular weight excluding hydrogens is 223 g/mol. The molecule has 0 fully saturated rings. The number of nitrogens with zero attached hydrogens (tertiary/aromatic N) is 4. The molecule has 0 aliphatic heterocycles. The van der Waals surface area contributed by atoms with E-state index in [0.717, 1.165) is 28.0 Å². The lowest BCUT2D eigenvalue weighted by atomic mass is 10.1. The average molecular weight is 234 g/mol.